The van der Waals surface area contributed by atoms with Crippen molar-refractivity contribution in [3.05, 3.63) is 0 Å². The van der Waals surface area contributed by atoms with Gasteiger partial charge in [0.25, 0.3) is 0 Å². The molecule has 0 atom stereocenters. The molecule has 0 aliphatic heterocycles. The maximum absolute atomic E-state index is 5.00. The molecule has 0 aromatic carbocycles. The second-order valence-corrected chi connectivity index (χ2v) is 0. The third-order valence-electron chi connectivity index (χ3n) is 0. The molecule has 0 amide bonds. The summed E-state index contributed by atoms with van der Waals surface area (Å²) in [4.78, 5) is 0. The maximum atomic E-state index is 5.00. The van der Waals surface area contributed by atoms with Crippen LogP contribution >= 0.6 is 0 Å². The van der Waals surface area contributed by atoms with Crippen molar-refractivity contribution in [2.24, 2.45) is 0 Å². The summed E-state index contributed by atoms with van der Waals surface area (Å²) in [5, 5.41) is 0. The topological polar surface area (TPSA) is 0 Å². The van der Waals surface area contributed by atoms with E-state index in [0.29, 0.717) is 0 Å². The van der Waals surface area contributed by atoms with Gasteiger partial charge in [-0.2, -0.15) is 0 Å². The Hall–Kier alpha value is -4.00. The smallest absolute Gasteiger partial charge is 0 e. The first-order valence-corrected chi connectivity index (χ1v) is 0. The molecular formula is C6H52No4. The van der Waals surface area contributed by atoms with E-state index in [4.69, 9.17) is 29.7 Å². The first-order chi connectivity index (χ1) is 10.0. The molecule has 0 fully saturated rings. The van der Waals surface area contributed by atoms with Gasteiger partial charge in [0.15, 0.2) is 0 Å². The van der Waals surface area contributed by atoms with Gasteiger partial charge in [-0.25, -0.2) is 0 Å². The van der Waals surface area contributed by atoms with E-state index in [2.05, 4.69) is 0 Å². The van der Waals surface area contributed by atoms with E-state index in [1.54, 1.807) is 0 Å². The standard InChI is InChI=1S/6CH4.4No.14H2/h6*1H4;;;;;14*1H/i;;;;;;;;;;10*1+2T;4*1+2. The van der Waals surface area contributed by atoms with Crippen LogP contribution in [-0.4, -0.2) is 0 Å². The van der Waals surface area contributed by atoms with Crippen LogP contribution in [0.25, 0.3) is 0 Å². The van der Waals surface area contributed by atoms with E-state index in [-0.39, 0.29) is 50.3 Å². The molecule has 0 nitrogen and oxygen atoms in total. The van der Waals surface area contributed by atoms with Gasteiger partial charge >= 0.3 is 0 Å². The first kappa shape index (κ1) is 4.17. The fourth-order valence-corrected chi connectivity index (χ4v) is 0. The Morgan fingerprint density at radius 1 is 0.400 bits per heavy atom. The molecule has 0 saturated carbocycles. The van der Waals surface area contributed by atoms with E-state index in [9.17, 15) is 0 Å². The molecule has 0 radical (unpaired) electrons. The van der Waals surface area contributed by atoms with Crippen molar-refractivity contribution < 1.29 is 35.4 Å². The molecule has 0 saturated heterocycles. The Kier molecular flexibility index (Phi) is 2.08. The Balaban J connectivity index is -0.00000000142. The molecule has 132 valence electrons. The molecule has 0 heterocycles. The molecule has 0 aromatic rings. The monoisotopic (exact) mass is 1210 g/mol. The summed E-state index contributed by atoms with van der Waals surface area (Å²) in [6.07, 6.45) is 0. The SMILES string of the molecule is C.C.C.C.C.C.[3HH].[3HH].[3HH].[3HH].[3H][3H].[3H][3H].[3H][3H].[3H][3H].[3H][3H].[3H][3H].[3H][3H].[3H][3H].[3H][3H].[3H][3H].[No].[No].[No].[No]. The van der Waals surface area contributed by atoms with Gasteiger partial charge in [-0.15, -0.1) is 0 Å². The predicted octanol–water partition coefficient (Wildman–Crippen LogP) is 7.26. The number of rotatable bonds is 0. The van der Waals surface area contributed by atoms with Gasteiger partial charge in [-0.05, 0) is 0 Å². The fraction of sp³-hybridized carbons (Fsp3) is 1.00. The maximum Gasteiger partial charge on any atom is 0 e. The van der Waals surface area contributed by atoms with Crippen LogP contribution < -0.4 is 0 Å². The van der Waals surface area contributed by atoms with Crippen molar-refractivity contribution in [3.63, 3.8) is 0 Å². The molecule has 0 aliphatic carbocycles. The Morgan fingerprint density at radius 2 is 0.400 bits per heavy atom. The molecular weight excluding hydrogens is 1110 g/mol. The zero-order valence-electron chi connectivity index (χ0n) is 21.1. The number of hydrogen-bond donors (Lipinski definition) is 0. The van der Waals surface area contributed by atoms with Crippen LogP contribution in [0.4, 0.5) is 0 Å². The van der Waals surface area contributed by atoms with Crippen LogP contribution in [0.15, 0.2) is 0 Å². The third kappa shape index (κ3) is 2.25. The molecule has 0 unspecified atom stereocenters. The van der Waals surface area contributed by atoms with Crippen molar-refractivity contribution in [2.45, 2.75) is 44.6 Å². The molecule has 0 rings (SSSR count). The summed E-state index contributed by atoms with van der Waals surface area (Å²) in [5.74, 6) is 0. The number of hydrogen-bond acceptors (Lipinski definition) is 0. The van der Waals surface area contributed by atoms with Gasteiger partial charge in [-0.1, -0.05) is 44.6 Å². The molecule has 0 aliphatic rings. The van der Waals surface area contributed by atoms with Gasteiger partial charge in [0.05, 0.1) is 0 Å². The van der Waals surface area contributed by atoms with Crippen molar-refractivity contribution in [1.29, 1.82) is 0 Å². The Labute approximate surface area is 82.4 Å². The minimum Gasteiger partial charge on any atom is -0.0776 e. The molecule has 0 spiro atoms. The summed E-state index contributed by atoms with van der Waals surface area (Å²) in [7, 11) is 0. The Morgan fingerprint density at radius 3 is 0.400 bits per heavy atom. The van der Waals surface area contributed by atoms with Crippen LogP contribution in [-0.2, 0) is 0 Å². The minimum absolute atomic E-state index is 0. The quantitative estimate of drug-likeness (QED) is 0.240. The summed E-state index contributed by atoms with van der Waals surface area (Å²) < 4.78 is 100. The van der Waals surface area contributed by atoms with Crippen molar-refractivity contribution in [2.75, 3.05) is 0 Å². The summed E-state index contributed by atoms with van der Waals surface area (Å²) in [6.45, 7) is 0. The van der Waals surface area contributed by atoms with Gasteiger partial charge in [0, 0.05) is 35.4 Å². The second-order valence-electron chi connectivity index (χ2n) is 0. The average Bonchev–Trinajstić information content (AvgIpc) is 2.71. The first-order valence-electron chi connectivity index (χ1n) is 10.0. The van der Waals surface area contributed by atoms with Crippen molar-refractivity contribution >= 4 is 0 Å². The fourth-order valence-electron chi connectivity index (χ4n) is 0. The van der Waals surface area contributed by atoms with Crippen LogP contribution in [0, 0.1) is 0 Å². The Bertz CT molecular complexity index is 39.4. The van der Waals surface area contributed by atoms with Gasteiger partial charge in [-0.3, -0.25) is 0 Å². The van der Waals surface area contributed by atoms with Crippen LogP contribution in [0.5, 0.6) is 0 Å². The molecule has 0 bridgehead atoms. The van der Waals surface area contributed by atoms with Gasteiger partial charge in [0.1, 0.15) is 0 Å². The van der Waals surface area contributed by atoms with E-state index in [1.165, 1.54) is 0 Å². The van der Waals surface area contributed by atoms with E-state index in [1.807, 2.05) is 0 Å². The van der Waals surface area contributed by atoms with Gasteiger partial charge in [0.2, 0.25) is 0 Å². The molecule has 0 aromatic heterocycles. The van der Waals surface area contributed by atoms with E-state index >= 15 is 0 Å². The van der Waals surface area contributed by atoms with Crippen molar-refractivity contribution in [3.8, 4) is 0 Å². The van der Waals surface area contributed by atoms with Crippen LogP contribution in [0.2, 0.25) is 0 Å². The largest absolute Gasteiger partial charge is 0.0776 e. The van der Waals surface area contributed by atoms with E-state index < -0.39 is 0 Å². The minimum atomic E-state index is 0. The van der Waals surface area contributed by atoms with Crippen LogP contribution in [0.1, 0.15) is 80.0 Å². The zero-order valence-corrected chi connectivity index (χ0v) is 9.97. The van der Waals surface area contributed by atoms with Crippen molar-refractivity contribution in [1.82, 2.24) is 0 Å². The second kappa shape index (κ2) is 5.00. The molecule has 10 heavy (non-hydrogen) atoms. The third-order valence-corrected chi connectivity index (χ3v) is 0. The average molecular weight is 1210 g/mol. The normalized spacial score (nSPS) is 8.00. The van der Waals surface area contributed by atoms with E-state index in [0.717, 1.165) is 0 Å². The molecule has 0 N–H and O–H groups in total. The zero-order chi connectivity index (χ0) is 20.0. The molecule has 4 heteroatoms. The summed E-state index contributed by atoms with van der Waals surface area (Å²) >= 11 is 0. The van der Waals surface area contributed by atoms with Crippen LogP contribution in [0.3, 0.4) is 0 Å². The predicted molar refractivity (Wildman–Crippen MR) is 70.0 cm³/mol. The summed E-state index contributed by atoms with van der Waals surface area (Å²) in [6, 6.07) is 0. The van der Waals surface area contributed by atoms with Gasteiger partial charge < -0.3 is 0 Å². The summed E-state index contributed by atoms with van der Waals surface area (Å²) in [5.41, 5.74) is 0.